The minimum absolute atomic E-state index is 0.0503. The summed E-state index contributed by atoms with van der Waals surface area (Å²) >= 11 is 0. The number of aliphatic hydroxyl groups is 2. The number of esters is 2. The van der Waals surface area contributed by atoms with Crippen molar-refractivity contribution in [2.24, 2.45) is 58.2 Å². The fraction of sp³-hybridized carbons (Fsp3) is 0.698. The number of aliphatic hydroxyl groups excluding tert-OH is 2. The molecule has 6 saturated carbocycles. The molecule has 4 saturated heterocycles. The van der Waals surface area contributed by atoms with Crippen molar-refractivity contribution >= 4 is 88.7 Å². The van der Waals surface area contributed by atoms with Crippen LogP contribution in [0.5, 0.6) is 23.3 Å². The van der Waals surface area contributed by atoms with Crippen molar-refractivity contribution in [3.63, 3.8) is 0 Å². The van der Waals surface area contributed by atoms with E-state index in [2.05, 4.69) is 19.4 Å². The molecule has 10 aliphatic rings. The number of benzene rings is 2. The standard InChI is InChI=1S/2C43H56F3N3O10S/c1-24-9-8-12-33(50)31-20-42(31,39(54)48-60(55,56)41(5)15-16-41)21-34(51)32-18-27(58-37-29-11-7-6-10-28(29)35(22-47-37)57-26-13-14-26)23-49(32)38(53)30(25(2)17-24)19-36(52)59-40(3,4)43(44,45)46;1-24-10-11-27(50)17-26-20-42(26,39(54)48-60(55,56)41(5)14-15-41)21-34(51)33-18-29(58-37-31-9-7-6-8-30(31)35(22-47-37)57-28-12-13-28)23-49(33)38(53)32(25(2)16-24)19-36(52)59-40(3,4)43(44,45)46/h6-7,10-11,22,24-27,30-33,50H,8-9,12-21,23H2,1-5H3,(H,48,54);6-9,22,24-29,32-33,50H,10-21,23H2,1-5H3,(H,48,54)/t24-,25-,27-,30+,31+,32+,33?,42-;24-,25-,26-,27?,29-,32+,33+,42-/m11/s1. The molecule has 16 atom stereocenters. The van der Waals surface area contributed by atoms with Gasteiger partial charge in [0.25, 0.3) is 0 Å². The Kier molecular flexibility index (Phi) is 25.1. The zero-order valence-electron chi connectivity index (χ0n) is 69.5. The van der Waals surface area contributed by atoms with Gasteiger partial charge in [0.15, 0.2) is 11.6 Å². The van der Waals surface area contributed by atoms with Gasteiger partial charge >= 0.3 is 24.3 Å². The third-order valence-electron chi connectivity index (χ3n) is 27.0. The molecule has 0 radical (unpaired) electrons. The normalized spacial score (nSPS) is 31.3. The second-order valence-electron chi connectivity index (χ2n) is 37.8. The first-order valence-electron chi connectivity index (χ1n) is 42.2. The van der Waals surface area contributed by atoms with Gasteiger partial charge < -0.3 is 48.4 Å². The van der Waals surface area contributed by atoms with Gasteiger partial charge in [-0.1, -0.05) is 76.9 Å². The lowest BCUT2D eigenvalue weighted by Gasteiger charge is -2.33. The van der Waals surface area contributed by atoms with Gasteiger partial charge in [-0.25, -0.2) is 26.8 Å². The predicted molar refractivity (Wildman–Crippen MR) is 424 cm³/mol. The molecule has 0 spiro atoms. The van der Waals surface area contributed by atoms with Crippen LogP contribution < -0.4 is 28.4 Å². The summed E-state index contributed by atoms with van der Waals surface area (Å²) in [5, 5.41) is 25.3. The Balaban J connectivity index is 0.000000207. The summed E-state index contributed by atoms with van der Waals surface area (Å²) in [7, 11) is -8.18. The summed E-state index contributed by atoms with van der Waals surface area (Å²) in [5.74, 6) is -9.88. The molecule has 660 valence electrons. The number of hydrogen-bond acceptors (Lipinski definition) is 22. The zero-order valence-corrected chi connectivity index (χ0v) is 71.1. The minimum atomic E-state index is -4.88. The van der Waals surface area contributed by atoms with E-state index in [1.54, 1.807) is 33.2 Å². The van der Waals surface area contributed by atoms with Crippen LogP contribution in [0.3, 0.4) is 0 Å². The molecule has 0 bridgehead atoms. The van der Waals surface area contributed by atoms with E-state index >= 15 is 0 Å². The molecular weight excluding hydrogens is 1620 g/mol. The molecule has 26 nitrogen and oxygen atoms in total. The number of ether oxygens (including phenoxy) is 6. The molecule has 2 aromatic carbocycles. The molecule has 6 aliphatic carbocycles. The Bertz CT molecular complexity index is 4840. The van der Waals surface area contributed by atoms with Crippen molar-refractivity contribution in [3.8, 4) is 23.3 Å². The number of ketones is 2. The van der Waals surface area contributed by atoms with Crippen LogP contribution in [0.25, 0.3) is 21.5 Å². The lowest BCUT2D eigenvalue weighted by molar-refractivity contribution is -0.257. The SMILES string of the molecule is C[C@@H]1CCC(O)C[C@@H]2C[C@@]2(C(=O)NS(=O)(=O)C2(C)CC2)CC(=O)[C@@H]2C[C@@H](Oc3ncc(OC4CC4)c4ccccc34)CN2C(=O)[C@@H](CC(=O)OC(C)(C)C(F)(F)F)[C@H](C)C1.C[C@@H]1CCCC(O)[C@@H]2C[C@@]2(C(=O)NS(=O)(=O)C2(C)CC2)CC(=O)[C@@H]2C[C@@H](Oc3ncc(OC4CC4)c4ccccc34)CN2C(=O)[C@@H](CC(=O)OC(C)(C)C(F)(F)F)[C@H](C)C1. The molecule has 10 fully saturated rings. The highest BCUT2D eigenvalue weighted by Gasteiger charge is 2.67. The summed E-state index contributed by atoms with van der Waals surface area (Å²) in [6.07, 6.45) is -3.88. The van der Waals surface area contributed by atoms with Crippen molar-refractivity contribution in [1.29, 1.82) is 0 Å². The highest BCUT2D eigenvalue weighted by atomic mass is 32.2. The smallest absolute Gasteiger partial charge is 0.427 e. The highest BCUT2D eigenvalue weighted by molar-refractivity contribution is 7.92. The van der Waals surface area contributed by atoms with E-state index in [9.17, 15) is 91.7 Å². The van der Waals surface area contributed by atoms with Gasteiger partial charge in [-0.15, -0.1) is 0 Å². The van der Waals surface area contributed by atoms with Gasteiger partial charge in [0.05, 0.1) is 107 Å². The number of sulfonamides is 2. The van der Waals surface area contributed by atoms with Crippen LogP contribution >= 0.6 is 0 Å². The van der Waals surface area contributed by atoms with Crippen molar-refractivity contribution < 1.29 is 120 Å². The highest BCUT2D eigenvalue weighted by Crippen LogP contribution is 2.61. The number of Topliss-reactive ketones (excluding diaryl/α,β-unsaturated/α-hetero) is 2. The summed E-state index contributed by atoms with van der Waals surface area (Å²) < 4.78 is 173. The average molecular weight is 1730 g/mol. The molecule has 4 N–H and O–H groups in total. The van der Waals surface area contributed by atoms with Crippen molar-refractivity contribution in [2.75, 3.05) is 13.1 Å². The Morgan fingerprint density at radius 1 is 0.517 bits per heavy atom. The van der Waals surface area contributed by atoms with E-state index in [1.165, 1.54) is 16.7 Å². The molecule has 4 aliphatic heterocycles. The van der Waals surface area contributed by atoms with Crippen molar-refractivity contribution in [2.45, 2.75) is 305 Å². The number of nitrogens with one attached hydrogen (secondary N) is 2. The van der Waals surface area contributed by atoms with E-state index in [0.717, 1.165) is 64.2 Å². The van der Waals surface area contributed by atoms with Crippen LogP contribution in [0, 0.1) is 58.2 Å². The van der Waals surface area contributed by atoms with Crippen LogP contribution in [0.4, 0.5) is 26.3 Å². The van der Waals surface area contributed by atoms with E-state index in [4.69, 9.17) is 28.4 Å². The minimum Gasteiger partial charge on any atom is -0.488 e. The third-order valence-corrected chi connectivity index (χ3v) is 31.3. The predicted octanol–water partition coefficient (Wildman–Crippen LogP) is 12.4. The largest absolute Gasteiger partial charge is 0.488 e. The fourth-order valence-corrected chi connectivity index (χ4v) is 20.6. The molecule has 4 amide bonds. The van der Waals surface area contributed by atoms with Gasteiger partial charge in [-0.3, -0.25) is 47.8 Å². The number of carbonyl (C=O) groups is 8. The van der Waals surface area contributed by atoms with Crippen LogP contribution in [0.1, 0.15) is 223 Å². The number of amides is 4. The number of hydrogen-bond donors (Lipinski definition) is 4. The number of nitrogens with zero attached hydrogens (tertiary/aromatic N) is 4. The molecule has 120 heavy (non-hydrogen) atoms. The number of carbonyl (C=O) groups excluding carboxylic acids is 8. The van der Waals surface area contributed by atoms with E-state index < -0.39 is 209 Å². The maximum atomic E-state index is 14.9. The zero-order chi connectivity index (χ0) is 87.2. The monoisotopic (exact) mass is 1730 g/mol. The number of alkyl halides is 6. The molecule has 2 aromatic heterocycles. The summed E-state index contributed by atoms with van der Waals surface area (Å²) in [6, 6.07) is 12.3. The molecule has 6 heterocycles. The third kappa shape index (κ3) is 19.5. The molecule has 2 unspecified atom stereocenters. The van der Waals surface area contributed by atoms with Crippen LogP contribution in [0.2, 0.25) is 0 Å². The first kappa shape index (κ1) is 89.8. The second kappa shape index (κ2) is 33.6. The molecular formula is C86H112F6N6O20S2. The van der Waals surface area contributed by atoms with Gasteiger partial charge in [-0.2, -0.15) is 26.3 Å². The van der Waals surface area contributed by atoms with Gasteiger partial charge in [0, 0.05) is 53.1 Å². The average Bonchev–Trinajstić information content (AvgIpc) is 1.56. The number of halogens is 6. The first-order chi connectivity index (χ1) is 56.1. The number of aromatic nitrogens is 2. The maximum absolute atomic E-state index is 14.9. The molecule has 4 aromatic rings. The Morgan fingerprint density at radius 3 is 1.32 bits per heavy atom. The number of fused-ring (bicyclic) bond motifs is 6. The van der Waals surface area contributed by atoms with E-state index in [0.29, 0.717) is 86.5 Å². The van der Waals surface area contributed by atoms with E-state index in [1.807, 2.05) is 62.4 Å². The topological polar surface area (TPSA) is 357 Å². The van der Waals surface area contributed by atoms with Gasteiger partial charge in [0.2, 0.25) is 66.6 Å². The Hall–Kier alpha value is -7.98. The van der Waals surface area contributed by atoms with Gasteiger partial charge in [-0.05, 0) is 186 Å². The van der Waals surface area contributed by atoms with Gasteiger partial charge in [0.1, 0.15) is 23.7 Å². The Morgan fingerprint density at radius 2 is 0.917 bits per heavy atom. The second-order valence-corrected chi connectivity index (χ2v) is 42.2. The molecule has 34 heteroatoms. The summed E-state index contributed by atoms with van der Waals surface area (Å²) in [5.41, 5.74) is -8.70. The summed E-state index contributed by atoms with van der Waals surface area (Å²) in [6.45, 7) is 13.0. The lowest BCUT2D eigenvalue weighted by Crippen LogP contribution is -2.49. The first-order valence-corrected chi connectivity index (χ1v) is 45.2. The number of pyridine rings is 2. The molecule has 14 rings (SSSR count). The summed E-state index contributed by atoms with van der Waals surface area (Å²) in [4.78, 5) is 126. The lowest BCUT2D eigenvalue weighted by atomic mass is 9.81. The number of rotatable bonds is 20. The van der Waals surface area contributed by atoms with Crippen LogP contribution in [0.15, 0.2) is 60.9 Å². The van der Waals surface area contributed by atoms with Crippen molar-refractivity contribution in [3.05, 3.63) is 60.9 Å². The van der Waals surface area contributed by atoms with E-state index in [-0.39, 0.29) is 87.4 Å². The van der Waals surface area contributed by atoms with Crippen LogP contribution in [-0.2, 0) is 67.9 Å². The van der Waals surface area contributed by atoms with Crippen molar-refractivity contribution in [1.82, 2.24) is 29.2 Å². The van der Waals surface area contributed by atoms with Crippen LogP contribution in [-0.4, -0.2) is 189 Å². The maximum Gasteiger partial charge on any atom is 0.427 e. The Labute approximate surface area is 695 Å². The quantitative estimate of drug-likeness (QED) is 0.0471. The fourth-order valence-electron chi connectivity index (χ4n) is 17.9.